The summed E-state index contributed by atoms with van der Waals surface area (Å²) in [5, 5.41) is 14.4. The quantitative estimate of drug-likeness (QED) is 0.465. The molecule has 182 valence electrons. The fourth-order valence-corrected chi connectivity index (χ4v) is 4.17. The fraction of sp³-hybridized carbons (Fsp3) is 0.423. The number of aliphatic carboxylic acids is 1. The highest BCUT2D eigenvalue weighted by atomic mass is 16.5. The van der Waals surface area contributed by atoms with E-state index in [1.807, 2.05) is 24.3 Å². The van der Waals surface area contributed by atoms with Crippen molar-refractivity contribution in [1.29, 1.82) is 0 Å². The summed E-state index contributed by atoms with van der Waals surface area (Å²) in [7, 11) is 0. The molecule has 3 N–H and O–H groups in total. The van der Waals surface area contributed by atoms with Crippen molar-refractivity contribution in [3.8, 4) is 11.1 Å². The Morgan fingerprint density at radius 1 is 1.00 bits per heavy atom. The van der Waals surface area contributed by atoms with Crippen molar-refractivity contribution in [2.24, 2.45) is 5.92 Å². The van der Waals surface area contributed by atoms with Crippen LogP contribution in [0.4, 0.5) is 4.79 Å². The molecule has 0 saturated carbocycles. The second-order valence-electron chi connectivity index (χ2n) is 8.47. The summed E-state index contributed by atoms with van der Waals surface area (Å²) < 4.78 is 10.9. The van der Waals surface area contributed by atoms with Gasteiger partial charge in [-0.3, -0.25) is 9.59 Å². The number of fused-ring (bicyclic) bond motifs is 3. The van der Waals surface area contributed by atoms with Crippen molar-refractivity contribution in [3.63, 3.8) is 0 Å². The highest BCUT2D eigenvalue weighted by Gasteiger charge is 2.30. The van der Waals surface area contributed by atoms with Crippen LogP contribution in [0.25, 0.3) is 11.1 Å². The van der Waals surface area contributed by atoms with Crippen molar-refractivity contribution in [1.82, 2.24) is 10.6 Å². The number of amides is 2. The van der Waals surface area contributed by atoms with E-state index in [4.69, 9.17) is 14.6 Å². The molecular formula is C26H32N2O6. The smallest absolute Gasteiger partial charge is 0.407 e. The van der Waals surface area contributed by atoms with Crippen LogP contribution in [0.5, 0.6) is 0 Å². The lowest BCUT2D eigenvalue weighted by molar-refractivity contribution is -0.140. The van der Waals surface area contributed by atoms with Crippen LogP contribution in [0.2, 0.25) is 0 Å². The molecule has 0 heterocycles. The fourth-order valence-electron chi connectivity index (χ4n) is 4.17. The molecule has 2 aromatic rings. The van der Waals surface area contributed by atoms with E-state index in [-0.39, 0.29) is 31.4 Å². The van der Waals surface area contributed by atoms with Crippen LogP contribution in [0.1, 0.15) is 44.2 Å². The van der Waals surface area contributed by atoms with Gasteiger partial charge in [0.05, 0.1) is 18.4 Å². The van der Waals surface area contributed by atoms with Crippen molar-refractivity contribution in [2.45, 2.75) is 45.3 Å². The Morgan fingerprint density at radius 2 is 1.59 bits per heavy atom. The Bertz CT molecular complexity index is 978. The highest BCUT2D eigenvalue weighted by molar-refractivity contribution is 5.80. The number of ether oxygens (including phenoxy) is 2. The molecule has 3 rings (SSSR count). The van der Waals surface area contributed by atoms with Crippen molar-refractivity contribution in [3.05, 3.63) is 59.7 Å². The van der Waals surface area contributed by atoms with Crippen LogP contribution >= 0.6 is 0 Å². The highest BCUT2D eigenvalue weighted by Crippen LogP contribution is 2.44. The Kier molecular flexibility index (Phi) is 8.65. The Morgan fingerprint density at radius 3 is 2.15 bits per heavy atom. The number of carbonyl (C=O) groups excluding carboxylic acids is 2. The third-order valence-corrected chi connectivity index (χ3v) is 6.16. The van der Waals surface area contributed by atoms with Crippen LogP contribution in [-0.2, 0) is 19.1 Å². The summed E-state index contributed by atoms with van der Waals surface area (Å²) in [6.45, 7) is 5.81. The normalized spacial score (nSPS) is 14.9. The molecule has 1 aliphatic rings. The van der Waals surface area contributed by atoms with Crippen molar-refractivity contribution < 1.29 is 29.0 Å². The average Bonchev–Trinajstić information content (AvgIpc) is 3.14. The SMILES string of the molecule is CCOC(CNC(=O)C(C)C(C)NC(=O)OCC1c2ccccc2-c2ccccc21)CC(=O)O. The van der Waals surface area contributed by atoms with Crippen LogP contribution in [0.3, 0.4) is 0 Å². The van der Waals surface area contributed by atoms with Crippen LogP contribution in [-0.4, -0.2) is 55.0 Å². The minimum atomic E-state index is -0.994. The van der Waals surface area contributed by atoms with Gasteiger partial charge in [-0.2, -0.15) is 0 Å². The zero-order chi connectivity index (χ0) is 24.7. The van der Waals surface area contributed by atoms with Gasteiger partial charge < -0.3 is 25.2 Å². The zero-order valence-electron chi connectivity index (χ0n) is 19.7. The molecule has 3 unspecified atom stereocenters. The lowest BCUT2D eigenvalue weighted by Crippen LogP contribution is -2.46. The first-order valence-electron chi connectivity index (χ1n) is 11.5. The predicted octanol–water partition coefficient (Wildman–Crippen LogP) is 3.55. The van der Waals surface area contributed by atoms with Crippen LogP contribution < -0.4 is 10.6 Å². The Hall–Kier alpha value is -3.39. The first-order valence-corrected chi connectivity index (χ1v) is 11.5. The lowest BCUT2D eigenvalue weighted by Gasteiger charge is -2.23. The molecule has 8 nitrogen and oxygen atoms in total. The van der Waals surface area contributed by atoms with Gasteiger partial charge in [0.2, 0.25) is 5.91 Å². The largest absolute Gasteiger partial charge is 0.481 e. The maximum atomic E-state index is 12.5. The number of carboxylic acids is 1. The predicted molar refractivity (Wildman–Crippen MR) is 128 cm³/mol. The Labute approximate surface area is 199 Å². The number of alkyl carbamates (subject to hydrolysis) is 1. The molecule has 0 radical (unpaired) electrons. The van der Waals surface area contributed by atoms with Gasteiger partial charge >= 0.3 is 12.1 Å². The summed E-state index contributed by atoms with van der Waals surface area (Å²) >= 11 is 0. The van der Waals surface area contributed by atoms with E-state index in [0.29, 0.717) is 6.61 Å². The first-order chi connectivity index (χ1) is 16.3. The van der Waals surface area contributed by atoms with Gasteiger partial charge in [0, 0.05) is 25.1 Å². The van der Waals surface area contributed by atoms with E-state index >= 15 is 0 Å². The van der Waals surface area contributed by atoms with E-state index in [2.05, 4.69) is 34.9 Å². The third-order valence-electron chi connectivity index (χ3n) is 6.16. The van der Waals surface area contributed by atoms with E-state index < -0.39 is 30.1 Å². The molecular weight excluding hydrogens is 436 g/mol. The van der Waals surface area contributed by atoms with Gasteiger partial charge in [-0.1, -0.05) is 55.5 Å². The summed E-state index contributed by atoms with van der Waals surface area (Å²) in [5.74, 6) is -1.89. The number of nitrogens with one attached hydrogen (secondary N) is 2. The van der Waals surface area contributed by atoms with E-state index in [1.165, 1.54) is 0 Å². The molecule has 0 fully saturated rings. The van der Waals surface area contributed by atoms with Crippen LogP contribution in [0, 0.1) is 5.92 Å². The van der Waals surface area contributed by atoms with Crippen molar-refractivity contribution >= 4 is 18.0 Å². The first kappa shape index (κ1) is 25.2. The monoisotopic (exact) mass is 468 g/mol. The van der Waals surface area contributed by atoms with Crippen molar-refractivity contribution in [2.75, 3.05) is 19.8 Å². The number of hydrogen-bond donors (Lipinski definition) is 3. The van der Waals surface area contributed by atoms with Gasteiger partial charge in [0.25, 0.3) is 0 Å². The lowest BCUT2D eigenvalue weighted by atomic mass is 9.98. The molecule has 2 amide bonds. The molecule has 0 bridgehead atoms. The number of hydrogen-bond acceptors (Lipinski definition) is 5. The Balaban J connectivity index is 1.51. The molecule has 8 heteroatoms. The maximum absolute atomic E-state index is 12.5. The van der Waals surface area contributed by atoms with E-state index in [9.17, 15) is 14.4 Å². The minimum absolute atomic E-state index is 0.0427. The summed E-state index contributed by atoms with van der Waals surface area (Å²) in [5.41, 5.74) is 4.56. The second-order valence-corrected chi connectivity index (χ2v) is 8.47. The van der Waals surface area contributed by atoms with Crippen LogP contribution in [0.15, 0.2) is 48.5 Å². The van der Waals surface area contributed by atoms with E-state index in [0.717, 1.165) is 22.3 Å². The average molecular weight is 469 g/mol. The van der Waals surface area contributed by atoms with Gasteiger partial charge in [0.15, 0.2) is 0 Å². The summed E-state index contributed by atoms with van der Waals surface area (Å²) in [4.78, 5) is 35.9. The standard InChI is InChI=1S/C26H32N2O6/c1-4-33-18(13-24(29)30)14-27-25(31)16(2)17(3)28-26(32)34-15-23-21-11-7-5-9-19(21)20-10-6-8-12-22(20)23/h5-12,16-18,23H,4,13-15H2,1-3H3,(H,27,31)(H,28,32)(H,29,30). The van der Waals surface area contributed by atoms with Gasteiger partial charge in [0.1, 0.15) is 6.61 Å². The number of carboxylic acid groups (broad SMARTS) is 1. The van der Waals surface area contributed by atoms with Gasteiger partial charge in [-0.05, 0) is 36.1 Å². The minimum Gasteiger partial charge on any atom is -0.481 e. The molecule has 0 aliphatic heterocycles. The maximum Gasteiger partial charge on any atom is 0.407 e. The number of carbonyl (C=O) groups is 3. The number of benzene rings is 2. The molecule has 2 aromatic carbocycles. The van der Waals surface area contributed by atoms with E-state index in [1.54, 1.807) is 20.8 Å². The molecule has 3 atom stereocenters. The molecule has 34 heavy (non-hydrogen) atoms. The summed E-state index contributed by atoms with van der Waals surface area (Å²) in [6.07, 6.45) is -1.40. The molecule has 1 aliphatic carbocycles. The third kappa shape index (κ3) is 6.14. The second kappa shape index (κ2) is 11.7. The topological polar surface area (TPSA) is 114 Å². The molecule has 0 spiro atoms. The van der Waals surface area contributed by atoms with Gasteiger partial charge in [-0.25, -0.2) is 4.79 Å². The number of rotatable bonds is 11. The molecule has 0 aromatic heterocycles. The zero-order valence-corrected chi connectivity index (χ0v) is 19.7. The van der Waals surface area contributed by atoms with Gasteiger partial charge in [-0.15, -0.1) is 0 Å². The molecule has 0 saturated heterocycles. The summed E-state index contributed by atoms with van der Waals surface area (Å²) in [6, 6.07) is 15.7.